The van der Waals surface area contributed by atoms with Crippen LogP contribution in [-0.4, -0.2) is 27.6 Å². The molecule has 0 amide bonds. The lowest BCUT2D eigenvalue weighted by Crippen LogP contribution is -2.25. The van der Waals surface area contributed by atoms with Crippen LogP contribution in [-0.2, 0) is 11.4 Å². The van der Waals surface area contributed by atoms with Gasteiger partial charge < -0.3 is 9.29 Å². The van der Waals surface area contributed by atoms with Gasteiger partial charge in [-0.1, -0.05) is 40.3 Å². The van der Waals surface area contributed by atoms with E-state index >= 15 is 0 Å². The number of nitrogens with zero attached hydrogens (tertiary/aromatic N) is 2. The fraction of sp³-hybridized carbons (Fsp3) is 0.294. The average Bonchev–Trinajstić information content (AvgIpc) is 2.52. The number of hydrogen-bond acceptors (Lipinski definition) is 4. The van der Waals surface area contributed by atoms with E-state index in [0.717, 1.165) is 16.7 Å². The molecule has 0 bridgehead atoms. The molecule has 0 fully saturated rings. The molecule has 2 rings (SSSR count). The molecule has 4 nitrogen and oxygen atoms in total. The van der Waals surface area contributed by atoms with Crippen molar-refractivity contribution in [1.82, 2.24) is 4.98 Å². The number of aromatic nitrogens is 1. The van der Waals surface area contributed by atoms with Gasteiger partial charge in [0.1, 0.15) is 16.1 Å². The van der Waals surface area contributed by atoms with Crippen LogP contribution in [0.3, 0.4) is 0 Å². The summed E-state index contributed by atoms with van der Waals surface area (Å²) in [7, 11) is 1.57. The topological polar surface area (TPSA) is 57.5 Å². The van der Waals surface area contributed by atoms with Gasteiger partial charge in [0.05, 0.1) is 18.3 Å². The average molecular weight is 351 g/mol. The zero-order valence-corrected chi connectivity index (χ0v) is 15.1. The number of hydrogen-bond donors (Lipinski definition) is 0. The lowest BCUT2D eigenvalue weighted by molar-refractivity contribution is 0.399. The predicted octanol–water partition coefficient (Wildman–Crippen LogP) is 4.29. The molecular formula is C17H19ClN2O2S. The van der Waals surface area contributed by atoms with Gasteiger partial charge in [0.15, 0.2) is 0 Å². The smallest absolute Gasteiger partial charge is 0.221 e. The highest BCUT2D eigenvalue weighted by molar-refractivity contribution is 7.91. The summed E-state index contributed by atoms with van der Waals surface area (Å²) in [5.74, 6) is 0.518. The van der Waals surface area contributed by atoms with Gasteiger partial charge in [-0.3, -0.25) is 0 Å². The summed E-state index contributed by atoms with van der Waals surface area (Å²) in [6.45, 7) is 5.67. The second-order valence-electron chi connectivity index (χ2n) is 5.93. The van der Waals surface area contributed by atoms with E-state index in [0.29, 0.717) is 10.9 Å². The first-order valence-corrected chi connectivity index (χ1v) is 8.56. The third kappa shape index (κ3) is 4.70. The van der Waals surface area contributed by atoms with Crippen molar-refractivity contribution in [3.8, 4) is 17.0 Å². The third-order valence-electron chi connectivity index (χ3n) is 3.05. The summed E-state index contributed by atoms with van der Waals surface area (Å²) in [5, 5.41) is 0.548. The molecule has 1 unspecified atom stereocenters. The van der Waals surface area contributed by atoms with Crippen LogP contribution in [0.5, 0.6) is 5.88 Å². The molecule has 0 saturated carbocycles. The van der Waals surface area contributed by atoms with Crippen LogP contribution in [0.4, 0.5) is 0 Å². The van der Waals surface area contributed by atoms with E-state index in [1.54, 1.807) is 19.5 Å². The maximum Gasteiger partial charge on any atom is 0.221 e. The first kappa shape index (κ1) is 17.8. The van der Waals surface area contributed by atoms with Gasteiger partial charge in [0.2, 0.25) is 5.88 Å². The van der Waals surface area contributed by atoms with E-state index < -0.39 is 11.4 Å². The Bertz CT molecular complexity index is 697. The minimum Gasteiger partial charge on any atom is -0.591 e. The van der Waals surface area contributed by atoms with Crippen LogP contribution in [0.25, 0.3) is 11.1 Å². The van der Waals surface area contributed by atoms with Crippen molar-refractivity contribution < 1.29 is 9.29 Å². The fourth-order valence-corrected chi connectivity index (χ4v) is 2.50. The molecule has 1 aromatic heterocycles. The summed E-state index contributed by atoms with van der Waals surface area (Å²) >= 11 is 4.74. The van der Waals surface area contributed by atoms with Gasteiger partial charge in [-0.2, -0.15) is 0 Å². The number of pyridine rings is 1. The Morgan fingerprint density at radius 1 is 1.26 bits per heavy atom. The Kier molecular flexibility index (Phi) is 5.68. The molecule has 0 N–H and O–H groups in total. The molecule has 1 atom stereocenters. The molecular weight excluding hydrogens is 332 g/mol. The van der Waals surface area contributed by atoms with Gasteiger partial charge >= 0.3 is 0 Å². The maximum absolute atomic E-state index is 11.9. The summed E-state index contributed by atoms with van der Waals surface area (Å²) in [6.07, 6.45) is 3.17. The molecule has 6 heteroatoms. The Hall–Kier alpha value is -1.56. The van der Waals surface area contributed by atoms with Crippen LogP contribution in [0.15, 0.2) is 40.9 Å². The lowest BCUT2D eigenvalue weighted by Gasteiger charge is -2.17. The summed E-state index contributed by atoms with van der Waals surface area (Å²) in [5.41, 5.74) is 2.63. The first-order valence-electron chi connectivity index (χ1n) is 7.07. The molecule has 122 valence electrons. The maximum atomic E-state index is 11.9. The van der Waals surface area contributed by atoms with Crippen molar-refractivity contribution in [3.05, 3.63) is 47.1 Å². The molecule has 0 aliphatic heterocycles. The molecule has 0 aliphatic carbocycles. The van der Waals surface area contributed by atoms with Gasteiger partial charge in [0, 0.05) is 11.8 Å². The Morgan fingerprint density at radius 3 is 2.48 bits per heavy atom. The monoisotopic (exact) mass is 350 g/mol. The Balaban J connectivity index is 2.24. The number of methoxy groups -OCH3 is 1. The number of benzene rings is 1. The van der Waals surface area contributed by atoms with Crippen molar-refractivity contribution in [1.29, 1.82) is 0 Å². The molecule has 1 aromatic carbocycles. The normalized spacial score (nSPS) is 13.3. The standard InChI is InChI=1S/C17H19ClN2O2S/c1-17(2,3)23(21)20-10-12-5-7-13(8-6-12)15-9-14(18)11-19-16(15)22-4/h5-11H,1-4H3/b20-10+. The van der Waals surface area contributed by atoms with E-state index in [4.69, 9.17) is 16.3 Å². The van der Waals surface area contributed by atoms with Crippen LogP contribution in [0.1, 0.15) is 26.3 Å². The van der Waals surface area contributed by atoms with Crippen molar-refractivity contribution >= 4 is 29.2 Å². The molecule has 2 aromatic rings. The third-order valence-corrected chi connectivity index (χ3v) is 4.61. The second-order valence-corrected chi connectivity index (χ2v) is 8.30. The number of rotatable bonds is 4. The number of ether oxygens (including phenoxy) is 1. The largest absolute Gasteiger partial charge is 0.591 e. The summed E-state index contributed by atoms with van der Waals surface area (Å²) in [4.78, 5) is 4.16. The van der Waals surface area contributed by atoms with Crippen molar-refractivity contribution in [2.24, 2.45) is 4.40 Å². The van der Waals surface area contributed by atoms with Gasteiger partial charge in [-0.15, -0.1) is 0 Å². The second kappa shape index (κ2) is 7.34. The highest BCUT2D eigenvalue weighted by atomic mass is 35.5. The van der Waals surface area contributed by atoms with Crippen molar-refractivity contribution in [2.45, 2.75) is 25.5 Å². The summed E-state index contributed by atoms with van der Waals surface area (Å²) in [6, 6.07) is 9.47. The van der Waals surface area contributed by atoms with Crippen LogP contribution in [0.2, 0.25) is 5.02 Å². The molecule has 0 radical (unpaired) electrons. The van der Waals surface area contributed by atoms with E-state index in [1.165, 1.54) is 0 Å². The van der Waals surface area contributed by atoms with E-state index in [-0.39, 0.29) is 4.75 Å². The highest BCUT2D eigenvalue weighted by Gasteiger charge is 2.25. The van der Waals surface area contributed by atoms with Crippen LogP contribution in [0, 0.1) is 0 Å². The lowest BCUT2D eigenvalue weighted by atomic mass is 10.1. The van der Waals surface area contributed by atoms with E-state index in [2.05, 4.69) is 9.38 Å². The predicted molar refractivity (Wildman–Crippen MR) is 96.7 cm³/mol. The molecule has 0 aliphatic rings. The molecule has 23 heavy (non-hydrogen) atoms. The zero-order valence-electron chi connectivity index (χ0n) is 13.5. The van der Waals surface area contributed by atoms with Crippen LogP contribution >= 0.6 is 11.6 Å². The molecule has 0 saturated heterocycles. The van der Waals surface area contributed by atoms with Gasteiger partial charge in [-0.05, 0) is 38.0 Å². The van der Waals surface area contributed by atoms with Crippen LogP contribution < -0.4 is 4.74 Å². The highest BCUT2D eigenvalue weighted by Crippen LogP contribution is 2.30. The van der Waals surface area contributed by atoms with Crippen molar-refractivity contribution in [2.75, 3.05) is 7.11 Å². The SMILES string of the molecule is COc1ncc(Cl)cc1-c1ccc(/C=N/[S+]([O-])C(C)(C)C)cc1. The zero-order chi connectivity index (χ0) is 17.0. The minimum atomic E-state index is -1.27. The fourth-order valence-electron chi connectivity index (χ4n) is 1.81. The molecule has 0 spiro atoms. The summed E-state index contributed by atoms with van der Waals surface area (Å²) < 4.78 is 20.9. The Labute approximate surface area is 144 Å². The van der Waals surface area contributed by atoms with Gasteiger partial charge in [-0.25, -0.2) is 4.98 Å². The van der Waals surface area contributed by atoms with Crippen molar-refractivity contribution in [3.63, 3.8) is 0 Å². The van der Waals surface area contributed by atoms with E-state index in [9.17, 15) is 4.55 Å². The minimum absolute atomic E-state index is 0.365. The quantitative estimate of drug-likeness (QED) is 0.610. The van der Waals surface area contributed by atoms with E-state index in [1.807, 2.05) is 51.1 Å². The molecule has 1 heterocycles. The first-order chi connectivity index (χ1) is 10.8. The Morgan fingerprint density at radius 2 is 1.91 bits per heavy atom. The number of halogens is 1. The van der Waals surface area contributed by atoms with Gasteiger partial charge in [0.25, 0.3) is 0 Å².